The zero-order valence-corrected chi connectivity index (χ0v) is 12.3. The van der Waals surface area contributed by atoms with E-state index < -0.39 is 0 Å². The van der Waals surface area contributed by atoms with Crippen LogP contribution in [0.25, 0.3) is 0 Å². The minimum absolute atomic E-state index is 0.191. The Labute approximate surface area is 115 Å². The largest absolute Gasteiger partial charge is 0.490 e. The van der Waals surface area contributed by atoms with Crippen LogP contribution in [0.3, 0.4) is 0 Å². The first-order chi connectivity index (χ1) is 9.06. The molecule has 0 aliphatic rings. The van der Waals surface area contributed by atoms with Gasteiger partial charge in [0.25, 0.3) is 0 Å². The first-order valence-electron chi connectivity index (χ1n) is 6.99. The number of esters is 1. The summed E-state index contributed by atoms with van der Waals surface area (Å²) in [4.78, 5) is 11.1. The Morgan fingerprint density at radius 1 is 1.16 bits per heavy atom. The number of hydrogen-bond acceptors (Lipinski definition) is 3. The fraction of sp³-hybridized carbons (Fsp3) is 0.562. The molecule has 0 saturated heterocycles. The van der Waals surface area contributed by atoms with Crippen molar-refractivity contribution in [3.8, 4) is 5.75 Å². The van der Waals surface area contributed by atoms with Gasteiger partial charge < -0.3 is 9.47 Å². The molecule has 0 saturated carbocycles. The van der Waals surface area contributed by atoms with Crippen molar-refractivity contribution >= 4 is 5.97 Å². The average Bonchev–Trinajstić information content (AvgIpc) is 2.44. The number of rotatable bonds is 7. The quantitative estimate of drug-likeness (QED) is 0.700. The van der Waals surface area contributed by atoms with Crippen molar-refractivity contribution in [3.05, 3.63) is 29.8 Å². The summed E-state index contributed by atoms with van der Waals surface area (Å²) in [7, 11) is 0. The Balaban J connectivity index is 2.43. The fourth-order valence-electron chi connectivity index (χ4n) is 1.68. The van der Waals surface area contributed by atoms with Crippen LogP contribution in [-0.2, 0) is 9.53 Å². The van der Waals surface area contributed by atoms with E-state index in [9.17, 15) is 4.79 Å². The van der Waals surface area contributed by atoms with E-state index in [1.54, 1.807) is 6.92 Å². The van der Waals surface area contributed by atoms with Gasteiger partial charge in [0.2, 0.25) is 0 Å². The molecule has 0 radical (unpaired) electrons. The maximum Gasteiger partial charge on any atom is 0.305 e. The second-order valence-corrected chi connectivity index (χ2v) is 4.84. The normalized spacial score (nSPS) is 13.7. The van der Waals surface area contributed by atoms with Crippen molar-refractivity contribution in [1.29, 1.82) is 0 Å². The van der Waals surface area contributed by atoms with Gasteiger partial charge in [-0.1, -0.05) is 32.9 Å². The van der Waals surface area contributed by atoms with Crippen molar-refractivity contribution in [2.75, 3.05) is 6.61 Å². The van der Waals surface area contributed by atoms with Gasteiger partial charge in [0.1, 0.15) is 18.5 Å². The van der Waals surface area contributed by atoms with Crippen LogP contribution in [0.4, 0.5) is 0 Å². The topological polar surface area (TPSA) is 35.5 Å². The highest BCUT2D eigenvalue weighted by molar-refractivity contribution is 5.69. The molecule has 3 nitrogen and oxygen atoms in total. The highest BCUT2D eigenvalue weighted by Gasteiger charge is 2.08. The molecule has 0 N–H and O–H groups in total. The first-order valence-corrected chi connectivity index (χ1v) is 6.99. The average molecular weight is 264 g/mol. The van der Waals surface area contributed by atoms with Crippen LogP contribution in [0.15, 0.2) is 24.3 Å². The van der Waals surface area contributed by atoms with Crippen LogP contribution in [0.5, 0.6) is 5.75 Å². The van der Waals surface area contributed by atoms with E-state index in [1.807, 2.05) is 19.1 Å². The van der Waals surface area contributed by atoms with Gasteiger partial charge in [-0.25, -0.2) is 0 Å². The molecule has 0 unspecified atom stereocenters. The Kier molecular flexibility index (Phi) is 6.40. The summed E-state index contributed by atoms with van der Waals surface area (Å²) in [5.41, 5.74) is 1.32. The Bertz CT molecular complexity index is 383. The molecule has 2 atom stereocenters. The number of carbonyl (C=O) groups is 1. The summed E-state index contributed by atoms with van der Waals surface area (Å²) < 4.78 is 10.7. The summed E-state index contributed by atoms with van der Waals surface area (Å²) in [6.45, 7) is 8.39. The zero-order chi connectivity index (χ0) is 14.3. The van der Waals surface area contributed by atoms with Gasteiger partial charge in [-0.05, 0) is 37.0 Å². The van der Waals surface area contributed by atoms with Crippen molar-refractivity contribution < 1.29 is 14.3 Å². The second-order valence-electron chi connectivity index (χ2n) is 4.84. The molecule has 1 aromatic carbocycles. The lowest BCUT2D eigenvalue weighted by atomic mass is 9.99. The SMILES string of the molecule is CCC(=O)O[C@H](C)COc1ccc([C@@H](C)CC)cc1. The molecule has 0 aromatic heterocycles. The Morgan fingerprint density at radius 2 is 1.79 bits per heavy atom. The van der Waals surface area contributed by atoms with E-state index in [1.165, 1.54) is 5.56 Å². The summed E-state index contributed by atoms with van der Waals surface area (Å²) in [5.74, 6) is 1.19. The van der Waals surface area contributed by atoms with Crippen LogP contribution < -0.4 is 4.74 Å². The van der Waals surface area contributed by atoms with Gasteiger partial charge in [0, 0.05) is 6.42 Å². The van der Waals surface area contributed by atoms with E-state index in [2.05, 4.69) is 26.0 Å². The lowest BCUT2D eigenvalue weighted by Crippen LogP contribution is -2.21. The van der Waals surface area contributed by atoms with Gasteiger partial charge in [-0.2, -0.15) is 0 Å². The molecule has 0 spiro atoms. The van der Waals surface area contributed by atoms with Crippen LogP contribution in [0.1, 0.15) is 52.0 Å². The van der Waals surface area contributed by atoms with E-state index in [0.717, 1.165) is 12.2 Å². The third-order valence-corrected chi connectivity index (χ3v) is 3.17. The van der Waals surface area contributed by atoms with E-state index >= 15 is 0 Å². The van der Waals surface area contributed by atoms with Crippen molar-refractivity contribution in [2.24, 2.45) is 0 Å². The molecular weight excluding hydrogens is 240 g/mol. The maximum absolute atomic E-state index is 11.1. The molecule has 0 heterocycles. The van der Waals surface area contributed by atoms with E-state index in [-0.39, 0.29) is 12.1 Å². The molecule has 0 aliphatic heterocycles. The highest BCUT2D eigenvalue weighted by Crippen LogP contribution is 2.21. The van der Waals surface area contributed by atoms with Crippen LogP contribution >= 0.6 is 0 Å². The minimum atomic E-state index is -0.221. The number of benzene rings is 1. The summed E-state index contributed by atoms with van der Waals surface area (Å²) in [5, 5.41) is 0. The molecule has 19 heavy (non-hydrogen) atoms. The van der Waals surface area contributed by atoms with Crippen molar-refractivity contribution in [3.63, 3.8) is 0 Å². The minimum Gasteiger partial charge on any atom is -0.490 e. The first kappa shape index (κ1) is 15.5. The summed E-state index contributed by atoms with van der Waals surface area (Å²) in [6, 6.07) is 8.12. The van der Waals surface area contributed by atoms with Crippen molar-refractivity contribution in [2.45, 2.75) is 52.6 Å². The summed E-state index contributed by atoms with van der Waals surface area (Å²) in [6.07, 6.45) is 1.31. The van der Waals surface area contributed by atoms with Gasteiger partial charge >= 0.3 is 5.97 Å². The van der Waals surface area contributed by atoms with Gasteiger partial charge in [-0.15, -0.1) is 0 Å². The lowest BCUT2D eigenvalue weighted by molar-refractivity contribution is -0.149. The predicted molar refractivity (Wildman–Crippen MR) is 76.5 cm³/mol. The summed E-state index contributed by atoms with van der Waals surface area (Å²) >= 11 is 0. The van der Waals surface area contributed by atoms with E-state index in [4.69, 9.17) is 9.47 Å². The maximum atomic E-state index is 11.1. The Morgan fingerprint density at radius 3 is 2.32 bits per heavy atom. The molecular formula is C16H24O3. The third-order valence-electron chi connectivity index (χ3n) is 3.17. The van der Waals surface area contributed by atoms with Crippen LogP contribution in [-0.4, -0.2) is 18.7 Å². The van der Waals surface area contributed by atoms with Crippen LogP contribution in [0, 0.1) is 0 Å². The highest BCUT2D eigenvalue weighted by atomic mass is 16.6. The molecule has 0 amide bonds. The molecule has 0 fully saturated rings. The molecule has 1 rings (SSSR count). The fourth-order valence-corrected chi connectivity index (χ4v) is 1.68. The molecule has 0 aliphatic carbocycles. The smallest absolute Gasteiger partial charge is 0.305 e. The van der Waals surface area contributed by atoms with Gasteiger partial charge in [0.05, 0.1) is 0 Å². The monoisotopic (exact) mass is 264 g/mol. The number of ether oxygens (including phenoxy) is 2. The number of hydrogen-bond donors (Lipinski definition) is 0. The van der Waals surface area contributed by atoms with Gasteiger partial charge in [0.15, 0.2) is 0 Å². The lowest BCUT2D eigenvalue weighted by Gasteiger charge is -2.15. The molecule has 1 aromatic rings. The predicted octanol–water partition coefficient (Wildman–Crippen LogP) is 3.92. The van der Waals surface area contributed by atoms with Crippen LogP contribution in [0.2, 0.25) is 0 Å². The Hall–Kier alpha value is -1.51. The standard InChI is InChI=1S/C16H24O3/c1-5-12(3)14-7-9-15(10-8-14)18-11-13(4)19-16(17)6-2/h7-10,12-13H,5-6,11H2,1-4H3/t12-,13+/m0/s1. The second kappa shape index (κ2) is 7.82. The van der Waals surface area contributed by atoms with E-state index in [0.29, 0.717) is 18.9 Å². The number of carbonyl (C=O) groups excluding carboxylic acids is 1. The zero-order valence-electron chi connectivity index (χ0n) is 12.3. The molecule has 106 valence electrons. The van der Waals surface area contributed by atoms with Gasteiger partial charge in [-0.3, -0.25) is 4.79 Å². The molecule has 0 bridgehead atoms. The van der Waals surface area contributed by atoms with Crippen molar-refractivity contribution in [1.82, 2.24) is 0 Å². The third kappa shape index (κ3) is 5.33. The molecule has 3 heteroatoms.